The first-order valence-electron chi connectivity index (χ1n) is 7.84. The van der Waals surface area contributed by atoms with E-state index in [0.717, 1.165) is 5.56 Å². The molecule has 2 nitrogen and oxygen atoms in total. The minimum Gasteiger partial charge on any atom is -0.422 e. The van der Waals surface area contributed by atoms with Crippen LogP contribution >= 0.6 is 22.6 Å². The van der Waals surface area contributed by atoms with E-state index in [-0.39, 0.29) is 22.6 Å². The molecule has 0 fully saturated rings. The molecule has 138 valence electrons. The minimum atomic E-state index is -4.61. The van der Waals surface area contributed by atoms with E-state index in [1.54, 1.807) is 30.3 Å². The fraction of sp³-hybridized carbons (Fsp3) is 0.250. The van der Waals surface area contributed by atoms with Crippen LogP contribution in [0.2, 0.25) is 0 Å². The highest BCUT2D eigenvalue weighted by atomic mass is 127. The smallest absolute Gasteiger partial charge is 0.413 e. The maximum atomic E-state index is 12.9. The minimum absolute atomic E-state index is 0.00675. The molecule has 0 unspecified atom stereocenters. The largest absolute Gasteiger partial charge is 0.422 e. The third-order valence-electron chi connectivity index (χ3n) is 3.63. The molecule has 2 aromatic rings. The number of halogens is 4. The van der Waals surface area contributed by atoms with Crippen LogP contribution in [0.25, 0.3) is 5.76 Å². The van der Waals surface area contributed by atoms with Crippen molar-refractivity contribution in [2.24, 2.45) is 0 Å². The average molecular weight is 474 g/mol. The Balaban J connectivity index is 2.38. The summed E-state index contributed by atoms with van der Waals surface area (Å²) in [6.07, 6.45) is -4.60. The van der Waals surface area contributed by atoms with Crippen LogP contribution in [0.1, 0.15) is 42.3 Å². The first kappa shape index (κ1) is 20.5. The van der Waals surface area contributed by atoms with Gasteiger partial charge in [0.05, 0.1) is 11.6 Å². The van der Waals surface area contributed by atoms with Gasteiger partial charge in [0.25, 0.3) is 0 Å². The van der Waals surface area contributed by atoms with Gasteiger partial charge in [0.1, 0.15) is 5.76 Å². The maximum Gasteiger partial charge on any atom is 0.413 e. The monoisotopic (exact) mass is 474 g/mol. The zero-order valence-electron chi connectivity index (χ0n) is 14.5. The number of alkyl halides is 3. The zero-order valence-corrected chi connectivity index (χ0v) is 16.7. The predicted molar refractivity (Wildman–Crippen MR) is 104 cm³/mol. The number of hydrogen-bond acceptors (Lipinski definition) is 2. The predicted octanol–water partition coefficient (Wildman–Crippen LogP) is 6.35. The van der Waals surface area contributed by atoms with Gasteiger partial charge in [-0.2, -0.15) is 13.2 Å². The van der Waals surface area contributed by atoms with Gasteiger partial charge >= 0.3 is 12.1 Å². The van der Waals surface area contributed by atoms with Crippen molar-refractivity contribution in [3.05, 3.63) is 74.9 Å². The summed E-state index contributed by atoms with van der Waals surface area (Å²) < 4.78 is 44.5. The number of rotatable bonds is 3. The van der Waals surface area contributed by atoms with Crippen molar-refractivity contribution in [2.75, 3.05) is 0 Å². The lowest BCUT2D eigenvalue weighted by molar-refractivity contribution is -0.0802. The van der Waals surface area contributed by atoms with Gasteiger partial charge in [0, 0.05) is 9.13 Å². The Morgan fingerprint density at radius 3 is 2.08 bits per heavy atom. The SMILES string of the molecule is CC(C)(C)c1ccc(/C(=C\C(F)(F)F)OC(=O)c2ccccc2I)cc1. The lowest BCUT2D eigenvalue weighted by Gasteiger charge is -2.19. The topological polar surface area (TPSA) is 26.3 Å². The van der Waals surface area contributed by atoms with Crippen molar-refractivity contribution in [2.45, 2.75) is 32.4 Å². The quantitative estimate of drug-likeness (QED) is 0.295. The van der Waals surface area contributed by atoms with Gasteiger partial charge in [-0.15, -0.1) is 0 Å². The van der Waals surface area contributed by atoms with Gasteiger partial charge in [-0.1, -0.05) is 57.2 Å². The second-order valence-corrected chi connectivity index (χ2v) is 7.91. The highest BCUT2D eigenvalue weighted by Crippen LogP contribution is 2.29. The summed E-state index contributed by atoms with van der Waals surface area (Å²) in [6.45, 7) is 6.02. The van der Waals surface area contributed by atoms with Gasteiger partial charge in [-0.05, 0) is 45.7 Å². The molecule has 2 aromatic carbocycles. The fourth-order valence-electron chi connectivity index (χ4n) is 2.24. The van der Waals surface area contributed by atoms with E-state index >= 15 is 0 Å². The first-order valence-corrected chi connectivity index (χ1v) is 8.92. The third kappa shape index (κ3) is 5.59. The van der Waals surface area contributed by atoms with Crippen molar-refractivity contribution in [3.63, 3.8) is 0 Å². The molecule has 0 atom stereocenters. The second-order valence-electron chi connectivity index (χ2n) is 6.75. The molecular formula is C20H18F3IO2. The Morgan fingerprint density at radius 2 is 1.58 bits per heavy atom. The molecule has 0 heterocycles. The van der Waals surface area contributed by atoms with Crippen LogP contribution < -0.4 is 0 Å². The summed E-state index contributed by atoms with van der Waals surface area (Å²) in [6, 6.07) is 13.1. The zero-order chi connectivity index (χ0) is 19.5. The molecule has 0 amide bonds. The normalized spacial score (nSPS) is 12.8. The first-order chi connectivity index (χ1) is 12.0. The number of carbonyl (C=O) groups excluding carboxylic acids is 1. The second kappa shape index (κ2) is 7.82. The molecular weight excluding hydrogens is 456 g/mol. The Bertz CT molecular complexity index is 816. The summed E-state index contributed by atoms with van der Waals surface area (Å²) >= 11 is 1.94. The standard InChI is InChI=1S/C20H18F3IO2/c1-19(2,3)14-10-8-13(9-11-14)17(12-20(21,22)23)26-18(25)15-6-4-5-7-16(15)24/h4-12H,1-3H3/b17-12+. The summed E-state index contributed by atoms with van der Waals surface area (Å²) in [7, 11) is 0. The van der Waals surface area contributed by atoms with Crippen LogP contribution in [0, 0.1) is 3.57 Å². The molecule has 26 heavy (non-hydrogen) atoms. The molecule has 0 radical (unpaired) electrons. The van der Waals surface area contributed by atoms with Crippen LogP contribution in [0.5, 0.6) is 0 Å². The Labute approximate surface area is 164 Å². The lowest BCUT2D eigenvalue weighted by atomic mass is 9.86. The molecule has 0 aliphatic carbocycles. The Hall–Kier alpha value is -1.83. The van der Waals surface area contributed by atoms with Crippen molar-refractivity contribution in [1.29, 1.82) is 0 Å². The molecule has 0 aromatic heterocycles. The molecule has 0 aliphatic heterocycles. The maximum absolute atomic E-state index is 12.9. The third-order valence-corrected chi connectivity index (χ3v) is 4.57. The lowest BCUT2D eigenvalue weighted by Crippen LogP contribution is -2.12. The number of esters is 1. The summed E-state index contributed by atoms with van der Waals surface area (Å²) in [4.78, 5) is 12.3. The summed E-state index contributed by atoms with van der Waals surface area (Å²) in [5, 5.41) is 0. The highest BCUT2D eigenvalue weighted by Gasteiger charge is 2.27. The molecule has 0 aliphatic rings. The van der Waals surface area contributed by atoms with Crippen LogP contribution in [-0.4, -0.2) is 12.1 Å². The molecule has 0 saturated heterocycles. The summed E-state index contributed by atoms with van der Waals surface area (Å²) in [5.41, 5.74) is 1.24. The van der Waals surface area contributed by atoms with Crippen LogP contribution in [-0.2, 0) is 10.2 Å². The van der Waals surface area contributed by atoms with Gasteiger partial charge in [0.2, 0.25) is 0 Å². The highest BCUT2D eigenvalue weighted by molar-refractivity contribution is 14.1. The molecule has 6 heteroatoms. The van der Waals surface area contributed by atoms with E-state index in [4.69, 9.17) is 4.74 Å². The number of ether oxygens (including phenoxy) is 1. The van der Waals surface area contributed by atoms with E-state index in [1.165, 1.54) is 18.2 Å². The van der Waals surface area contributed by atoms with E-state index < -0.39 is 17.9 Å². The fourth-order valence-corrected chi connectivity index (χ4v) is 2.84. The van der Waals surface area contributed by atoms with Crippen LogP contribution in [0.15, 0.2) is 54.6 Å². The van der Waals surface area contributed by atoms with Gasteiger partial charge in [0.15, 0.2) is 0 Å². The molecule has 2 rings (SSSR count). The van der Waals surface area contributed by atoms with E-state index in [9.17, 15) is 18.0 Å². The molecule has 0 saturated carbocycles. The van der Waals surface area contributed by atoms with Crippen molar-refractivity contribution >= 4 is 34.3 Å². The Morgan fingerprint density at radius 1 is 1.00 bits per heavy atom. The van der Waals surface area contributed by atoms with Crippen molar-refractivity contribution in [3.8, 4) is 0 Å². The van der Waals surface area contributed by atoms with Gasteiger partial charge in [-0.25, -0.2) is 4.79 Å². The van der Waals surface area contributed by atoms with Crippen LogP contribution in [0.4, 0.5) is 13.2 Å². The van der Waals surface area contributed by atoms with Crippen LogP contribution in [0.3, 0.4) is 0 Å². The average Bonchev–Trinajstić information content (AvgIpc) is 2.52. The number of carbonyl (C=O) groups is 1. The number of benzene rings is 2. The van der Waals surface area contributed by atoms with Crippen molar-refractivity contribution < 1.29 is 22.7 Å². The van der Waals surface area contributed by atoms with Gasteiger partial charge < -0.3 is 4.74 Å². The van der Waals surface area contributed by atoms with E-state index in [0.29, 0.717) is 3.57 Å². The molecule has 0 N–H and O–H groups in total. The van der Waals surface area contributed by atoms with Crippen molar-refractivity contribution in [1.82, 2.24) is 0 Å². The molecule has 0 spiro atoms. The van der Waals surface area contributed by atoms with E-state index in [1.807, 2.05) is 43.4 Å². The number of allylic oxidation sites excluding steroid dienone is 1. The number of hydrogen-bond donors (Lipinski definition) is 0. The summed E-state index contributed by atoms with van der Waals surface area (Å²) in [5.74, 6) is -1.35. The van der Waals surface area contributed by atoms with E-state index in [2.05, 4.69) is 0 Å². The Kier molecular flexibility index (Phi) is 6.16. The van der Waals surface area contributed by atoms with Gasteiger partial charge in [-0.3, -0.25) is 0 Å². The molecule has 0 bridgehead atoms.